The fourth-order valence-electron chi connectivity index (χ4n) is 1.62. The Morgan fingerprint density at radius 1 is 1.50 bits per heavy atom. The van der Waals surface area contributed by atoms with Gasteiger partial charge in [-0.15, -0.1) is 0 Å². The first-order chi connectivity index (χ1) is 7.66. The smallest absolute Gasteiger partial charge is 0.226 e. The van der Waals surface area contributed by atoms with Gasteiger partial charge in [-0.3, -0.25) is 0 Å². The monoisotopic (exact) mass is 237 g/mol. The molecular formula is C10H12ClN5. The minimum Gasteiger partial charge on any atom is -0.368 e. The summed E-state index contributed by atoms with van der Waals surface area (Å²) in [6.45, 7) is 3.17. The third kappa shape index (κ3) is 1.71. The van der Waals surface area contributed by atoms with Crippen LogP contribution in [-0.4, -0.2) is 26.5 Å². The van der Waals surface area contributed by atoms with E-state index in [0.29, 0.717) is 11.1 Å². The van der Waals surface area contributed by atoms with Gasteiger partial charge in [0.15, 0.2) is 11.5 Å². The zero-order valence-corrected chi connectivity index (χ0v) is 9.67. The zero-order valence-electron chi connectivity index (χ0n) is 8.92. The van der Waals surface area contributed by atoms with Gasteiger partial charge in [0.25, 0.3) is 0 Å². The highest BCUT2D eigenvalue weighted by Crippen LogP contribution is 2.44. The second kappa shape index (κ2) is 3.31. The Morgan fingerprint density at radius 3 is 3.06 bits per heavy atom. The maximum absolute atomic E-state index is 5.83. The lowest BCUT2D eigenvalue weighted by atomic mass is 10.1. The number of nitrogens with zero attached hydrogens (tertiary/aromatic N) is 3. The van der Waals surface area contributed by atoms with E-state index in [1.54, 1.807) is 6.33 Å². The van der Waals surface area contributed by atoms with Crippen LogP contribution < -0.4 is 5.32 Å². The van der Waals surface area contributed by atoms with E-state index in [0.717, 1.165) is 17.9 Å². The molecular weight excluding hydrogens is 226 g/mol. The van der Waals surface area contributed by atoms with Crippen LogP contribution >= 0.6 is 11.6 Å². The highest BCUT2D eigenvalue weighted by atomic mass is 35.5. The Morgan fingerprint density at radius 2 is 2.31 bits per heavy atom. The van der Waals surface area contributed by atoms with Crippen molar-refractivity contribution >= 4 is 28.6 Å². The van der Waals surface area contributed by atoms with E-state index in [-0.39, 0.29) is 5.28 Å². The van der Waals surface area contributed by atoms with Gasteiger partial charge in [0.2, 0.25) is 5.28 Å². The van der Waals surface area contributed by atoms with Gasteiger partial charge in [0, 0.05) is 6.54 Å². The van der Waals surface area contributed by atoms with Crippen LogP contribution in [0.2, 0.25) is 5.28 Å². The Labute approximate surface area is 97.7 Å². The van der Waals surface area contributed by atoms with Crippen molar-refractivity contribution in [3.05, 3.63) is 11.6 Å². The van der Waals surface area contributed by atoms with Gasteiger partial charge in [-0.25, -0.2) is 4.98 Å². The number of nitrogens with one attached hydrogen (secondary N) is 2. The molecule has 1 aliphatic carbocycles. The lowest BCUT2D eigenvalue weighted by Gasteiger charge is -2.10. The third-order valence-corrected chi connectivity index (χ3v) is 3.21. The van der Waals surface area contributed by atoms with E-state index in [1.165, 1.54) is 12.8 Å². The Kier molecular flexibility index (Phi) is 2.04. The second-order valence-electron chi connectivity index (χ2n) is 4.61. The first-order valence-electron chi connectivity index (χ1n) is 5.27. The van der Waals surface area contributed by atoms with Crippen LogP contribution in [0.15, 0.2) is 6.33 Å². The Hall–Kier alpha value is -1.36. The van der Waals surface area contributed by atoms with Crippen LogP contribution in [0.4, 0.5) is 5.82 Å². The number of hydrogen-bond donors (Lipinski definition) is 2. The van der Waals surface area contributed by atoms with Gasteiger partial charge < -0.3 is 10.3 Å². The summed E-state index contributed by atoms with van der Waals surface area (Å²) in [6, 6.07) is 0. The van der Waals surface area contributed by atoms with Gasteiger partial charge in [-0.2, -0.15) is 9.97 Å². The SMILES string of the molecule is CC1(CNc2nc(Cl)nc3nc[nH]c23)CC1. The van der Waals surface area contributed by atoms with Crippen molar-refractivity contribution in [1.29, 1.82) is 0 Å². The first-order valence-corrected chi connectivity index (χ1v) is 5.65. The van der Waals surface area contributed by atoms with E-state index in [1.807, 2.05) is 0 Å². The molecule has 2 aromatic rings. The van der Waals surface area contributed by atoms with E-state index in [9.17, 15) is 0 Å². The molecule has 2 aromatic heterocycles. The number of halogens is 1. The third-order valence-electron chi connectivity index (χ3n) is 3.04. The molecule has 0 saturated heterocycles. The molecule has 0 atom stereocenters. The summed E-state index contributed by atoms with van der Waals surface area (Å²) in [5.74, 6) is 0.737. The molecule has 1 saturated carbocycles. The molecule has 0 spiro atoms. The van der Waals surface area contributed by atoms with Gasteiger partial charge in [-0.05, 0) is 29.9 Å². The fraction of sp³-hybridized carbons (Fsp3) is 0.500. The summed E-state index contributed by atoms with van der Waals surface area (Å²) >= 11 is 5.83. The number of aromatic amines is 1. The van der Waals surface area contributed by atoms with Crippen molar-refractivity contribution in [2.75, 3.05) is 11.9 Å². The van der Waals surface area contributed by atoms with Crippen molar-refractivity contribution in [3.8, 4) is 0 Å². The van der Waals surface area contributed by atoms with E-state index in [2.05, 4.69) is 32.2 Å². The van der Waals surface area contributed by atoms with E-state index < -0.39 is 0 Å². The van der Waals surface area contributed by atoms with Crippen LogP contribution in [-0.2, 0) is 0 Å². The van der Waals surface area contributed by atoms with Crippen LogP contribution in [0.25, 0.3) is 11.2 Å². The van der Waals surface area contributed by atoms with E-state index >= 15 is 0 Å². The summed E-state index contributed by atoms with van der Waals surface area (Å²) in [6.07, 6.45) is 4.13. The van der Waals surface area contributed by atoms with Crippen LogP contribution in [0.5, 0.6) is 0 Å². The topological polar surface area (TPSA) is 66.5 Å². The quantitative estimate of drug-likeness (QED) is 0.804. The summed E-state index contributed by atoms with van der Waals surface area (Å²) in [7, 11) is 0. The van der Waals surface area contributed by atoms with Crippen molar-refractivity contribution in [3.63, 3.8) is 0 Å². The van der Waals surface area contributed by atoms with Crippen LogP contribution in [0.1, 0.15) is 19.8 Å². The highest BCUT2D eigenvalue weighted by Gasteiger charge is 2.37. The van der Waals surface area contributed by atoms with Gasteiger partial charge in [0.1, 0.15) is 5.52 Å². The molecule has 16 heavy (non-hydrogen) atoms. The molecule has 0 bridgehead atoms. The number of rotatable bonds is 3. The number of aromatic nitrogens is 4. The fourth-order valence-corrected chi connectivity index (χ4v) is 1.79. The molecule has 2 N–H and O–H groups in total. The van der Waals surface area contributed by atoms with Crippen LogP contribution in [0.3, 0.4) is 0 Å². The molecule has 2 heterocycles. The summed E-state index contributed by atoms with van der Waals surface area (Å²) in [5.41, 5.74) is 1.83. The zero-order chi connectivity index (χ0) is 11.2. The first kappa shape index (κ1) is 9.84. The lowest BCUT2D eigenvalue weighted by Crippen LogP contribution is -2.13. The number of fused-ring (bicyclic) bond motifs is 1. The maximum atomic E-state index is 5.83. The van der Waals surface area contributed by atoms with Crippen LogP contribution in [0, 0.1) is 5.41 Å². The molecule has 0 radical (unpaired) electrons. The average molecular weight is 238 g/mol. The largest absolute Gasteiger partial charge is 0.368 e. The Bertz CT molecular complexity index is 531. The molecule has 5 nitrogen and oxygen atoms in total. The van der Waals surface area contributed by atoms with Gasteiger partial charge >= 0.3 is 0 Å². The lowest BCUT2D eigenvalue weighted by molar-refractivity contribution is 0.609. The van der Waals surface area contributed by atoms with Crippen molar-refractivity contribution < 1.29 is 0 Å². The predicted octanol–water partition coefficient (Wildman–Crippen LogP) is 2.22. The molecule has 3 rings (SSSR count). The molecule has 6 heteroatoms. The number of imidazole rings is 1. The van der Waals surface area contributed by atoms with Gasteiger partial charge in [0.05, 0.1) is 6.33 Å². The van der Waals surface area contributed by atoms with Gasteiger partial charge in [-0.1, -0.05) is 6.92 Å². The maximum Gasteiger partial charge on any atom is 0.226 e. The van der Waals surface area contributed by atoms with Crippen molar-refractivity contribution in [1.82, 2.24) is 19.9 Å². The molecule has 84 valence electrons. The summed E-state index contributed by atoms with van der Waals surface area (Å²) < 4.78 is 0. The molecule has 0 aromatic carbocycles. The minimum atomic E-state index is 0.225. The normalized spacial score (nSPS) is 17.6. The van der Waals surface area contributed by atoms with E-state index in [4.69, 9.17) is 11.6 Å². The molecule has 0 aliphatic heterocycles. The predicted molar refractivity (Wildman–Crippen MR) is 62.5 cm³/mol. The Balaban J connectivity index is 1.92. The number of H-pyrrole nitrogens is 1. The average Bonchev–Trinajstić information content (AvgIpc) is 2.79. The summed E-state index contributed by atoms with van der Waals surface area (Å²) in [5, 5.41) is 3.54. The molecule has 1 aliphatic rings. The molecule has 0 unspecified atom stereocenters. The molecule has 0 amide bonds. The summed E-state index contributed by atoms with van der Waals surface area (Å²) in [4.78, 5) is 15.3. The number of anilines is 1. The second-order valence-corrected chi connectivity index (χ2v) is 4.94. The van der Waals surface area contributed by atoms with Crippen molar-refractivity contribution in [2.24, 2.45) is 5.41 Å². The molecule has 1 fully saturated rings. The minimum absolute atomic E-state index is 0.225. The van der Waals surface area contributed by atoms with Crippen molar-refractivity contribution in [2.45, 2.75) is 19.8 Å². The highest BCUT2D eigenvalue weighted by molar-refractivity contribution is 6.28. The standard InChI is InChI=1S/C10H12ClN5/c1-10(2-3-10)4-12-7-6-8(14-5-13-6)16-9(11)15-7/h5H,2-4H2,1H3,(H2,12,13,14,15,16). The number of hydrogen-bond acceptors (Lipinski definition) is 4.